The summed E-state index contributed by atoms with van der Waals surface area (Å²) in [7, 11) is 0. The van der Waals surface area contributed by atoms with Gasteiger partial charge in [-0.25, -0.2) is 4.39 Å². The molecule has 2 aliphatic heterocycles. The number of carbonyl (C=O) groups is 1. The van der Waals surface area contributed by atoms with Gasteiger partial charge in [-0.15, -0.1) is 12.4 Å². The highest BCUT2D eigenvalue weighted by Gasteiger charge is 2.34. The van der Waals surface area contributed by atoms with Crippen molar-refractivity contribution in [3.63, 3.8) is 0 Å². The SMILES string of the molecule is Cl.N[C@@H]1CCN(C(=O)[C@@H]2C[C@@H](F)CN2)C1. The smallest absolute Gasteiger partial charge is 0.239 e. The Labute approximate surface area is 94.8 Å². The molecule has 4 nitrogen and oxygen atoms in total. The highest BCUT2D eigenvalue weighted by molar-refractivity contribution is 5.85. The minimum absolute atomic E-state index is 0. The summed E-state index contributed by atoms with van der Waals surface area (Å²) in [4.78, 5) is 13.5. The molecule has 0 saturated carbocycles. The summed E-state index contributed by atoms with van der Waals surface area (Å²) in [6.45, 7) is 1.64. The molecule has 0 radical (unpaired) electrons. The Morgan fingerprint density at radius 2 is 2.27 bits per heavy atom. The molecule has 0 aromatic rings. The molecule has 88 valence electrons. The van der Waals surface area contributed by atoms with Crippen LogP contribution in [0.15, 0.2) is 0 Å². The summed E-state index contributed by atoms with van der Waals surface area (Å²) < 4.78 is 12.8. The predicted molar refractivity (Wildman–Crippen MR) is 57.7 cm³/mol. The van der Waals surface area contributed by atoms with E-state index in [-0.39, 0.29) is 30.4 Å². The number of hydrogen-bond donors (Lipinski definition) is 2. The van der Waals surface area contributed by atoms with Gasteiger partial charge in [-0.2, -0.15) is 0 Å². The molecule has 3 N–H and O–H groups in total. The summed E-state index contributed by atoms with van der Waals surface area (Å²) >= 11 is 0. The largest absolute Gasteiger partial charge is 0.340 e. The molecule has 2 rings (SSSR count). The van der Waals surface area contributed by atoms with Crippen molar-refractivity contribution in [3.8, 4) is 0 Å². The molecule has 2 fully saturated rings. The third-order valence-electron chi connectivity index (χ3n) is 2.91. The Hall–Kier alpha value is -0.390. The number of alkyl halides is 1. The summed E-state index contributed by atoms with van der Waals surface area (Å²) in [6, 6.07) is -0.225. The lowest BCUT2D eigenvalue weighted by Gasteiger charge is -2.19. The molecule has 3 atom stereocenters. The van der Waals surface area contributed by atoms with Gasteiger partial charge in [-0.1, -0.05) is 0 Å². The highest BCUT2D eigenvalue weighted by Crippen LogP contribution is 2.15. The summed E-state index contributed by atoms with van der Waals surface area (Å²) in [6.07, 6.45) is 0.294. The minimum Gasteiger partial charge on any atom is -0.340 e. The van der Waals surface area contributed by atoms with Gasteiger partial charge in [-0.3, -0.25) is 4.79 Å². The second-order valence-electron chi connectivity index (χ2n) is 4.13. The molecule has 0 aromatic heterocycles. The number of halogens is 2. The topological polar surface area (TPSA) is 58.4 Å². The van der Waals surface area contributed by atoms with Crippen LogP contribution in [0.2, 0.25) is 0 Å². The Bertz CT molecular complexity index is 219. The Morgan fingerprint density at radius 1 is 1.53 bits per heavy atom. The number of hydrogen-bond acceptors (Lipinski definition) is 3. The van der Waals surface area contributed by atoms with Crippen LogP contribution in [0.4, 0.5) is 4.39 Å². The maximum atomic E-state index is 12.8. The third kappa shape index (κ3) is 2.80. The number of likely N-dealkylation sites (tertiary alicyclic amines) is 1. The van der Waals surface area contributed by atoms with Crippen LogP contribution in [-0.4, -0.2) is 48.7 Å². The fourth-order valence-electron chi connectivity index (χ4n) is 2.09. The number of amides is 1. The first kappa shape index (κ1) is 12.7. The summed E-state index contributed by atoms with van der Waals surface area (Å²) in [5.41, 5.74) is 5.70. The second kappa shape index (κ2) is 5.09. The quantitative estimate of drug-likeness (QED) is 0.657. The van der Waals surface area contributed by atoms with Gasteiger partial charge in [0.1, 0.15) is 6.17 Å². The fraction of sp³-hybridized carbons (Fsp3) is 0.889. The van der Waals surface area contributed by atoms with E-state index >= 15 is 0 Å². The van der Waals surface area contributed by atoms with Crippen LogP contribution in [0, 0.1) is 0 Å². The fourth-order valence-corrected chi connectivity index (χ4v) is 2.09. The zero-order valence-corrected chi connectivity index (χ0v) is 9.30. The third-order valence-corrected chi connectivity index (χ3v) is 2.91. The van der Waals surface area contributed by atoms with Crippen molar-refractivity contribution in [2.45, 2.75) is 31.1 Å². The van der Waals surface area contributed by atoms with Crippen molar-refractivity contribution in [3.05, 3.63) is 0 Å². The van der Waals surface area contributed by atoms with Gasteiger partial charge in [0, 0.05) is 32.1 Å². The highest BCUT2D eigenvalue weighted by atomic mass is 35.5. The van der Waals surface area contributed by atoms with Crippen molar-refractivity contribution in [2.24, 2.45) is 5.73 Å². The van der Waals surface area contributed by atoms with Crippen molar-refractivity contribution in [2.75, 3.05) is 19.6 Å². The molecule has 0 unspecified atom stereocenters. The van der Waals surface area contributed by atoms with Crippen LogP contribution in [0.1, 0.15) is 12.8 Å². The first-order valence-corrected chi connectivity index (χ1v) is 5.08. The summed E-state index contributed by atoms with van der Waals surface area (Å²) in [5, 5.41) is 2.89. The van der Waals surface area contributed by atoms with E-state index in [0.29, 0.717) is 19.5 Å². The van der Waals surface area contributed by atoms with Crippen molar-refractivity contribution < 1.29 is 9.18 Å². The average molecular weight is 238 g/mol. The standard InChI is InChI=1S/C9H16FN3O.ClH/c10-6-3-8(12-4-6)9(14)13-2-1-7(11)5-13;/h6-8,12H,1-5,11H2;1H/t6-,7-,8+;/m1./s1. The zero-order valence-electron chi connectivity index (χ0n) is 8.49. The Kier molecular flexibility index (Phi) is 4.31. The predicted octanol–water partition coefficient (Wildman–Crippen LogP) is -0.332. The van der Waals surface area contributed by atoms with E-state index in [1.54, 1.807) is 4.90 Å². The molecule has 2 saturated heterocycles. The van der Waals surface area contributed by atoms with E-state index in [0.717, 1.165) is 13.0 Å². The maximum Gasteiger partial charge on any atom is 0.239 e. The maximum absolute atomic E-state index is 12.8. The van der Waals surface area contributed by atoms with E-state index in [9.17, 15) is 9.18 Å². The number of carbonyl (C=O) groups excluding carboxylic acids is 1. The van der Waals surface area contributed by atoms with Gasteiger partial charge in [0.15, 0.2) is 0 Å². The van der Waals surface area contributed by atoms with Crippen molar-refractivity contribution >= 4 is 18.3 Å². The lowest BCUT2D eigenvalue weighted by molar-refractivity contribution is -0.132. The van der Waals surface area contributed by atoms with E-state index in [1.807, 2.05) is 0 Å². The Morgan fingerprint density at radius 3 is 2.73 bits per heavy atom. The first-order valence-electron chi connectivity index (χ1n) is 5.08. The van der Waals surface area contributed by atoms with Gasteiger partial charge < -0.3 is 16.0 Å². The van der Waals surface area contributed by atoms with E-state index < -0.39 is 6.17 Å². The molecule has 0 spiro atoms. The van der Waals surface area contributed by atoms with Crippen molar-refractivity contribution in [1.29, 1.82) is 0 Å². The molecule has 6 heteroatoms. The second-order valence-corrected chi connectivity index (χ2v) is 4.13. The number of nitrogens with one attached hydrogen (secondary N) is 1. The lowest BCUT2D eigenvalue weighted by Crippen LogP contribution is -2.43. The minimum atomic E-state index is -0.875. The van der Waals surface area contributed by atoms with Gasteiger partial charge in [0.25, 0.3) is 0 Å². The molecule has 15 heavy (non-hydrogen) atoms. The van der Waals surface area contributed by atoms with Crippen LogP contribution in [0.5, 0.6) is 0 Å². The molecule has 0 aromatic carbocycles. The molecule has 2 aliphatic rings. The lowest BCUT2D eigenvalue weighted by atomic mass is 10.2. The van der Waals surface area contributed by atoms with Gasteiger partial charge in [0.2, 0.25) is 5.91 Å². The molecular formula is C9H17ClFN3O. The molecule has 0 aliphatic carbocycles. The molecule has 2 heterocycles. The van der Waals surface area contributed by atoms with Gasteiger partial charge in [0.05, 0.1) is 6.04 Å². The van der Waals surface area contributed by atoms with E-state index in [4.69, 9.17) is 5.73 Å². The van der Waals surface area contributed by atoms with Gasteiger partial charge in [-0.05, 0) is 6.42 Å². The van der Waals surface area contributed by atoms with Crippen LogP contribution >= 0.6 is 12.4 Å². The van der Waals surface area contributed by atoms with Crippen molar-refractivity contribution in [1.82, 2.24) is 10.2 Å². The monoisotopic (exact) mass is 237 g/mol. The van der Waals surface area contributed by atoms with E-state index in [1.165, 1.54) is 0 Å². The van der Waals surface area contributed by atoms with Crippen LogP contribution in [0.3, 0.4) is 0 Å². The van der Waals surface area contributed by atoms with Crippen LogP contribution in [-0.2, 0) is 4.79 Å². The molecular weight excluding hydrogens is 221 g/mol. The molecule has 0 bridgehead atoms. The normalized spacial score (nSPS) is 35.3. The number of rotatable bonds is 1. The molecule has 1 amide bonds. The number of nitrogens with two attached hydrogens (primary N) is 1. The Balaban J connectivity index is 0.00000112. The van der Waals surface area contributed by atoms with Gasteiger partial charge >= 0.3 is 0 Å². The van der Waals surface area contributed by atoms with Crippen LogP contribution < -0.4 is 11.1 Å². The number of nitrogens with zero attached hydrogens (tertiary/aromatic N) is 1. The van der Waals surface area contributed by atoms with Crippen LogP contribution in [0.25, 0.3) is 0 Å². The average Bonchev–Trinajstić information content (AvgIpc) is 2.73. The zero-order chi connectivity index (χ0) is 10.1. The summed E-state index contributed by atoms with van der Waals surface area (Å²) in [5.74, 6) is 0.0121. The van der Waals surface area contributed by atoms with E-state index in [2.05, 4.69) is 5.32 Å². The first-order chi connectivity index (χ1) is 6.66.